The van der Waals surface area contributed by atoms with Gasteiger partial charge in [0, 0.05) is 38.8 Å². The molecule has 1 saturated carbocycles. The minimum absolute atomic E-state index is 0.239. The highest BCUT2D eigenvalue weighted by atomic mass is 16.2. The van der Waals surface area contributed by atoms with Crippen molar-refractivity contribution in [3.05, 3.63) is 0 Å². The molecule has 2 fully saturated rings. The normalized spacial score (nSPS) is 23.2. The summed E-state index contributed by atoms with van der Waals surface area (Å²) in [7, 11) is 0. The predicted molar refractivity (Wildman–Crippen MR) is 92.0 cm³/mol. The van der Waals surface area contributed by atoms with E-state index in [4.69, 9.17) is 0 Å². The summed E-state index contributed by atoms with van der Waals surface area (Å²) in [5, 5.41) is 3.28. The van der Waals surface area contributed by atoms with Crippen molar-refractivity contribution in [1.29, 1.82) is 0 Å². The largest absolute Gasteiger partial charge is 0.352 e. The van der Waals surface area contributed by atoms with E-state index >= 15 is 0 Å². The molecule has 4 nitrogen and oxygen atoms in total. The molecule has 0 aromatic carbocycles. The number of piperazine rings is 1. The van der Waals surface area contributed by atoms with Gasteiger partial charge in [0.15, 0.2) is 0 Å². The molecule has 1 heterocycles. The molecule has 0 bridgehead atoms. The second-order valence-corrected chi connectivity index (χ2v) is 7.58. The molecule has 1 aliphatic carbocycles. The second kappa shape index (κ2) is 9.51. The van der Waals surface area contributed by atoms with Gasteiger partial charge < -0.3 is 10.2 Å². The summed E-state index contributed by atoms with van der Waals surface area (Å²) >= 11 is 0. The Bertz CT molecular complexity index is 316. The first-order chi connectivity index (χ1) is 10.6. The number of carbonyl (C=O) groups excluding carboxylic acids is 1. The van der Waals surface area contributed by atoms with Gasteiger partial charge in [-0.1, -0.05) is 46.0 Å². The maximum absolute atomic E-state index is 12.3. The zero-order valence-electron chi connectivity index (χ0n) is 14.6. The fraction of sp³-hybridized carbons (Fsp3) is 0.944. The average molecular weight is 309 g/mol. The van der Waals surface area contributed by atoms with Gasteiger partial charge in [-0.05, 0) is 18.8 Å². The Hall–Kier alpha value is -0.610. The summed E-state index contributed by atoms with van der Waals surface area (Å²) in [4.78, 5) is 17.1. The molecule has 22 heavy (non-hydrogen) atoms. The Kier molecular flexibility index (Phi) is 7.67. The molecule has 1 aliphatic heterocycles. The van der Waals surface area contributed by atoms with Crippen LogP contribution in [0.2, 0.25) is 0 Å². The highest BCUT2D eigenvalue weighted by Gasteiger charge is 2.20. The first kappa shape index (κ1) is 17.7. The van der Waals surface area contributed by atoms with Gasteiger partial charge in [-0.2, -0.15) is 0 Å². The van der Waals surface area contributed by atoms with Crippen molar-refractivity contribution < 1.29 is 4.79 Å². The van der Waals surface area contributed by atoms with Gasteiger partial charge in [0.2, 0.25) is 5.91 Å². The molecule has 0 atom stereocenters. The fourth-order valence-electron chi connectivity index (χ4n) is 3.72. The van der Waals surface area contributed by atoms with Crippen molar-refractivity contribution >= 4 is 5.91 Å². The Morgan fingerprint density at radius 3 is 2.09 bits per heavy atom. The van der Waals surface area contributed by atoms with Crippen LogP contribution in [0, 0.1) is 5.92 Å². The van der Waals surface area contributed by atoms with Crippen LogP contribution in [0.3, 0.4) is 0 Å². The zero-order chi connectivity index (χ0) is 15.8. The van der Waals surface area contributed by atoms with E-state index in [1.54, 1.807) is 0 Å². The van der Waals surface area contributed by atoms with Gasteiger partial charge in [0.25, 0.3) is 0 Å². The minimum atomic E-state index is 0.239. The van der Waals surface area contributed by atoms with Crippen LogP contribution in [-0.4, -0.2) is 61.0 Å². The third-order valence-electron chi connectivity index (χ3n) is 4.93. The minimum Gasteiger partial charge on any atom is -0.352 e. The van der Waals surface area contributed by atoms with Crippen LogP contribution in [-0.2, 0) is 4.79 Å². The van der Waals surface area contributed by atoms with Crippen LogP contribution in [0.25, 0.3) is 0 Å². The molecule has 0 radical (unpaired) electrons. The van der Waals surface area contributed by atoms with E-state index in [-0.39, 0.29) is 5.91 Å². The van der Waals surface area contributed by atoms with E-state index in [0.717, 1.165) is 32.1 Å². The lowest BCUT2D eigenvalue weighted by Crippen LogP contribution is -2.51. The van der Waals surface area contributed by atoms with E-state index < -0.39 is 0 Å². The molecule has 1 saturated heterocycles. The first-order valence-corrected chi connectivity index (χ1v) is 9.37. The highest BCUT2D eigenvalue weighted by Crippen LogP contribution is 2.17. The number of nitrogens with zero attached hydrogens (tertiary/aromatic N) is 2. The summed E-state index contributed by atoms with van der Waals surface area (Å²) in [6, 6.07) is 0.426. The average Bonchev–Trinajstić information content (AvgIpc) is 2.43. The summed E-state index contributed by atoms with van der Waals surface area (Å²) in [6.07, 6.45) is 8.95. The highest BCUT2D eigenvalue weighted by molar-refractivity contribution is 5.78. The third-order valence-corrected chi connectivity index (χ3v) is 4.93. The lowest BCUT2D eigenvalue weighted by molar-refractivity contribution is -0.123. The molecule has 2 rings (SSSR count). The van der Waals surface area contributed by atoms with Crippen LogP contribution in [0.5, 0.6) is 0 Å². The summed E-state index contributed by atoms with van der Waals surface area (Å²) in [6.45, 7) is 10.6. The first-order valence-electron chi connectivity index (χ1n) is 9.37. The van der Waals surface area contributed by atoms with Crippen molar-refractivity contribution in [3.63, 3.8) is 0 Å². The predicted octanol–water partition coefficient (Wildman–Crippen LogP) is 2.49. The van der Waals surface area contributed by atoms with Gasteiger partial charge in [-0.3, -0.25) is 9.69 Å². The number of hydrogen-bond acceptors (Lipinski definition) is 3. The van der Waals surface area contributed by atoms with Crippen molar-refractivity contribution in [2.45, 2.75) is 64.8 Å². The molecule has 0 spiro atoms. The Balaban J connectivity index is 1.64. The summed E-state index contributed by atoms with van der Waals surface area (Å²) in [5.74, 6) is 0.969. The van der Waals surface area contributed by atoms with E-state index in [1.807, 2.05) is 0 Å². The van der Waals surface area contributed by atoms with E-state index in [2.05, 4.69) is 29.0 Å². The standard InChI is InChI=1S/C18H35N3O/c1-16(2)14-20-10-12-21(13-11-20)15-18(22)19-17-8-6-4-3-5-7-9-17/h16-17H,3-15H2,1-2H3,(H,19,22). The van der Waals surface area contributed by atoms with E-state index in [9.17, 15) is 4.79 Å². The van der Waals surface area contributed by atoms with Gasteiger partial charge in [-0.15, -0.1) is 0 Å². The summed E-state index contributed by atoms with van der Waals surface area (Å²) in [5.41, 5.74) is 0. The molecule has 2 aliphatic rings. The fourth-order valence-corrected chi connectivity index (χ4v) is 3.72. The number of hydrogen-bond donors (Lipinski definition) is 1. The maximum atomic E-state index is 12.3. The number of rotatable bonds is 5. The molecule has 4 heteroatoms. The van der Waals surface area contributed by atoms with Gasteiger partial charge in [-0.25, -0.2) is 0 Å². The molecule has 1 amide bonds. The SMILES string of the molecule is CC(C)CN1CCN(CC(=O)NC2CCCCCCC2)CC1. The van der Waals surface area contributed by atoms with Crippen molar-refractivity contribution in [2.75, 3.05) is 39.3 Å². The summed E-state index contributed by atoms with van der Waals surface area (Å²) < 4.78 is 0. The Labute approximate surface area is 136 Å². The third kappa shape index (κ3) is 6.66. The lowest BCUT2D eigenvalue weighted by Gasteiger charge is -2.35. The zero-order valence-corrected chi connectivity index (χ0v) is 14.6. The topological polar surface area (TPSA) is 35.6 Å². The van der Waals surface area contributed by atoms with Gasteiger partial charge in [0.05, 0.1) is 6.54 Å². The lowest BCUT2D eigenvalue weighted by atomic mass is 9.97. The van der Waals surface area contributed by atoms with Crippen LogP contribution in [0.4, 0.5) is 0 Å². The molecule has 0 aromatic rings. The number of nitrogens with one attached hydrogen (secondary N) is 1. The Morgan fingerprint density at radius 1 is 0.955 bits per heavy atom. The quantitative estimate of drug-likeness (QED) is 0.847. The number of carbonyl (C=O) groups is 1. The Morgan fingerprint density at radius 2 is 1.50 bits per heavy atom. The molecule has 128 valence electrons. The van der Waals surface area contributed by atoms with Crippen molar-refractivity contribution in [3.8, 4) is 0 Å². The molecule has 0 unspecified atom stereocenters. The number of amides is 1. The van der Waals surface area contributed by atoms with E-state index in [0.29, 0.717) is 12.6 Å². The van der Waals surface area contributed by atoms with Crippen LogP contribution < -0.4 is 5.32 Å². The maximum Gasteiger partial charge on any atom is 0.234 e. The van der Waals surface area contributed by atoms with Crippen LogP contribution in [0.15, 0.2) is 0 Å². The monoisotopic (exact) mass is 309 g/mol. The van der Waals surface area contributed by atoms with Crippen molar-refractivity contribution in [2.24, 2.45) is 5.92 Å². The van der Waals surface area contributed by atoms with Gasteiger partial charge in [0.1, 0.15) is 0 Å². The molecular weight excluding hydrogens is 274 g/mol. The molecule has 1 N–H and O–H groups in total. The van der Waals surface area contributed by atoms with Gasteiger partial charge >= 0.3 is 0 Å². The molecule has 0 aromatic heterocycles. The van der Waals surface area contributed by atoms with Crippen LogP contribution >= 0.6 is 0 Å². The van der Waals surface area contributed by atoms with Crippen LogP contribution in [0.1, 0.15) is 58.8 Å². The van der Waals surface area contributed by atoms with Crippen molar-refractivity contribution in [1.82, 2.24) is 15.1 Å². The second-order valence-electron chi connectivity index (χ2n) is 7.58. The van der Waals surface area contributed by atoms with E-state index in [1.165, 1.54) is 51.5 Å². The molecular formula is C18H35N3O. The smallest absolute Gasteiger partial charge is 0.234 e.